The van der Waals surface area contributed by atoms with E-state index in [2.05, 4.69) is 15.3 Å². The summed E-state index contributed by atoms with van der Waals surface area (Å²) in [7, 11) is 0. The smallest absolute Gasteiger partial charge is 0.257 e. The SMILES string of the molecule is Cc1ccc(C)c([C@@H]2CC(=O)Nc3nc(SCc4ccc(Cl)cc4)[nH]c(=O)c32)c1. The lowest BCUT2D eigenvalue weighted by Crippen LogP contribution is -2.31. The molecule has 0 spiro atoms. The van der Waals surface area contributed by atoms with Gasteiger partial charge >= 0.3 is 0 Å². The summed E-state index contributed by atoms with van der Waals surface area (Å²) in [6, 6.07) is 13.6. The summed E-state index contributed by atoms with van der Waals surface area (Å²) in [5.41, 5.74) is 4.53. The molecule has 4 rings (SSSR count). The van der Waals surface area contributed by atoms with Crippen LogP contribution in [0.1, 0.15) is 40.2 Å². The van der Waals surface area contributed by atoms with Crippen molar-refractivity contribution in [3.05, 3.63) is 85.7 Å². The number of hydrogen-bond acceptors (Lipinski definition) is 4. The molecular weight excluding hydrogens is 406 g/mol. The highest BCUT2D eigenvalue weighted by Gasteiger charge is 2.31. The number of carbonyl (C=O) groups excluding carboxylic acids is 1. The molecule has 1 aromatic heterocycles. The van der Waals surface area contributed by atoms with Gasteiger partial charge in [0.2, 0.25) is 5.91 Å². The van der Waals surface area contributed by atoms with Gasteiger partial charge in [-0.3, -0.25) is 9.59 Å². The van der Waals surface area contributed by atoms with Crippen LogP contribution in [0.4, 0.5) is 5.82 Å². The predicted molar refractivity (Wildman–Crippen MR) is 117 cm³/mol. The Hall–Kier alpha value is -2.57. The minimum absolute atomic E-state index is 0.129. The van der Waals surface area contributed by atoms with Gasteiger partial charge in [0.1, 0.15) is 5.82 Å². The van der Waals surface area contributed by atoms with Crippen LogP contribution in [0.5, 0.6) is 0 Å². The number of nitrogens with zero attached hydrogens (tertiary/aromatic N) is 1. The van der Waals surface area contributed by atoms with Crippen molar-refractivity contribution in [2.24, 2.45) is 0 Å². The number of fused-ring (bicyclic) bond motifs is 1. The van der Waals surface area contributed by atoms with Crippen LogP contribution < -0.4 is 10.9 Å². The number of anilines is 1. The van der Waals surface area contributed by atoms with Gasteiger partial charge in [-0.25, -0.2) is 4.98 Å². The number of thioether (sulfide) groups is 1. The van der Waals surface area contributed by atoms with E-state index in [1.807, 2.05) is 56.3 Å². The number of aromatic nitrogens is 2. The molecule has 2 N–H and O–H groups in total. The molecule has 0 saturated heterocycles. The van der Waals surface area contributed by atoms with Crippen LogP contribution in [0.15, 0.2) is 52.4 Å². The van der Waals surface area contributed by atoms with Crippen molar-refractivity contribution in [2.45, 2.75) is 37.1 Å². The molecule has 0 unspecified atom stereocenters. The first-order valence-corrected chi connectivity index (χ1v) is 10.7. The van der Waals surface area contributed by atoms with Crippen LogP contribution in [0.2, 0.25) is 5.02 Å². The molecule has 0 radical (unpaired) electrons. The number of benzene rings is 2. The molecule has 0 saturated carbocycles. The van der Waals surface area contributed by atoms with E-state index in [0.717, 1.165) is 22.3 Å². The van der Waals surface area contributed by atoms with Gasteiger partial charge in [0.25, 0.3) is 5.56 Å². The lowest BCUT2D eigenvalue weighted by molar-refractivity contribution is -0.116. The first-order chi connectivity index (χ1) is 13.9. The molecule has 7 heteroatoms. The molecule has 1 atom stereocenters. The highest BCUT2D eigenvalue weighted by molar-refractivity contribution is 7.98. The Morgan fingerprint density at radius 3 is 2.66 bits per heavy atom. The van der Waals surface area contributed by atoms with Crippen LogP contribution in [0.25, 0.3) is 0 Å². The first-order valence-electron chi connectivity index (χ1n) is 9.29. The number of halogens is 1. The molecule has 148 valence electrons. The maximum Gasteiger partial charge on any atom is 0.257 e. The number of rotatable bonds is 4. The van der Waals surface area contributed by atoms with E-state index in [1.54, 1.807) is 0 Å². The molecule has 3 aromatic rings. The molecule has 0 aliphatic carbocycles. The molecule has 1 aliphatic heterocycles. The summed E-state index contributed by atoms with van der Waals surface area (Å²) in [5, 5.41) is 3.94. The number of H-pyrrole nitrogens is 1. The normalized spacial score (nSPS) is 15.7. The fourth-order valence-electron chi connectivity index (χ4n) is 3.55. The first kappa shape index (κ1) is 19.7. The Kier molecular flexibility index (Phi) is 5.48. The summed E-state index contributed by atoms with van der Waals surface area (Å²) in [6.45, 7) is 4.00. The maximum absolute atomic E-state index is 12.9. The molecule has 2 heterocycles. The molecule has 1 amide bonds. The third-order valence-electron chi connectivity index (χ3n) is 5.03. The Morgan fingerprint density at radius 1 is 1.14 bits per heavy atom. The molecular formula is C22H20ClN3O2S. The van der Waals surface area contributed by atoms with Gasteiger partial charge < -0.3 is 10.3 Å². The van der Waals surface area contributed by atoms with Gasteiger partial charge in [0.15, 0.2) is 5.16 Å². The van der Waals surface area contributed by atoms with Crippen molar-refractivity contribution >= 4 is 35.1 Å². The molecule has 5 nitrogen and oxygen atoms in total. The highest BCUT2D eigenvalue weighted by Crippen LogP contribution is 2.36. The van der Waals surface area contributed by atoms with E-state index in [0.29, 0.717) is 27.3 Å². The second-order valence-corrected chi connectivity index (χ2v) is 8.61. The summed E-state index contributed by atoms with van der Waals surface area (Å²) >= 11 is 7.33. The summed E-state index contributed by atoms with van der Waals surface area (Å²) < 4.78 is 0. The highest BCUT2D eigenvalue weighted by atomic mass is 35.5. The average molecular weight is 426 g/mol. The number of carbonyl (C=O) groups is 1. The van der Waals surface area contributed by atoms with Crippen molar-refractivity contribution in [1.82, 2.24) is 9.97 Å². The molecule has 2 aromatic carbocycles. The third kappa shape index (κ3) is 4.23. The van der Waals surface area contributed by atoms with E-state index in [4.69, 9.17) is 11.6 Å². The van der Waals surface area contributed by atoms with Crippen LogP contribution in [-0.2, 0) is 10.5 Å². The van der Waals surface area contributed by atoms with Crippen molar-refractivity contribution in [1.29, 1.82) is 0 Å². The zero-order chi connectivity index (χ0) is 20.5. The van der Waals surface area contributed by atoms with Gasteiger partial charge in [-0.2, -0.15) is 0 Å². The Morgan fingerprint density at radius 2 is 1.90 bits per heavy atom. The number of hydrogen-bond donors (Lipinski definition) is 2. The van der Waals surface area contributed by atoms with Gasteiger partial charge in [-0.1, -0.05) is 59.3 Å². The van der Waals surface area contributed by atoms with Crippen LogP contribution in [0, 0.1) is 13.8 Å². The minimum Gasteiger partial charge on any atom is -0.310 e. The summed E-state index contributed by atoms with van der Waals surface area (Å²) in [6.07, 6.45) is 0.235. The van der Waals surface area contributed by atoms with Gasteiger partial charge in [0.05, 0.1) is 5.56 Å². The van der Waals surface area contributed by atoms with E-state index in [-0.39, 0.29) is 23.8 Å². The van der Waals surface area contributed by atoms with E-state index in [1.165, 1.54) is 11.8 Å². The van der Waals surface area contributed by atoms with Crippen molar-refractivity contribution in [3.63, 3.8) is 0 Å². The Bertz CT molecular complexity index is 1140. The van der Waals surface area contributed by atoms with Crippen molar-refractivity contribution in [2.75, 3.05) is 5.32 Å². The van der Waals surface area contributed by atoms with Crippen LogP contribution in [-0.4, -0.2) is 15.9 Å². The minimum atomic E-state index is -0.301. The van der Waals surface area contributed by atoms with Crippen LogP contribution in [0.3, 0.4) is 0 Å². The standard InChI is InChI=1S/C22H20ClN3O2S/c1-12-3-4-13(2)16(9-12)17-10-18(27)24-20-19(17)21(28)26-22(25-20)29-11-14-5-7-15(23)8-6-14/h3-9,17H,10-11H2,1-2H3,(H2,24,25,26,27,28)/t17-/m0/s1. The van der Waals surface area contributed by atoms with Gasteiger partial charge in [-0.05, 0) is 42.7 Å². The van der Waals surface area contributed by atoms with Crippen LogP contribution >= 0.6 is 23.4 Å². The third-order valence-corrected chi connectivity index (χ3v) is 6.22. The number of aromatic amines is 1. The Balaban J connectivity index is 1.67. The summed E-state index contributed by atoms with van der Waals surface area (Å²) in [5.74, 6) is 0.558. The number of amides is 1. The average Bonchev–Trinajstić information content (AvgIpc) is 2.68. The zero-order valence-corrected chi connectivity index (χ0v) is 17.7. The fourth-order valence-corrected chi connectivity index (χ4v) is 4.49. The lowest BCUT2D eigenvalue weighted by Gasteiger charge is -2.26. The maximum atomic E-state index is 12.9. The molecule has 29 heavy (non-hydrogen) atoms. The second-order valence-electron chi connectivity index (χ2n) is 7.21. The second kappa shape index (κ2) is 8.05. The monoisotopic (exact) mass is 425 g/mol. The van der Waals surface area contributed by atoms with E-state index < -0.39 is 0 Å². The quantitative estimate of drug-likeness (QED) is 0.464. The van der Waals surface area contributed by atoms with Gasteiger partial charge in [0, 0.05) is 23.1 Å². The van der Waals surface area contributed by atoms with Gasteiger partial charge in [-0.15, -0.1) is 0 Å². The molecule has 0 fully saturated rings. The largest absolute Gasteiger partial charge is 0.310 e. The topological polar surface area (TPSA) is 74.8 Å². The lowest BCUT2D eigenvalue weighted by atomic mass is 9.84. The Labute approximate surface area is 177 Å². The predicted octanol–water partition coefficient (Wildman–Crippen LogP) is 4.81. The van der Waals surface area contributed by atoms with Crippen molar-refractivity contribution in [3.8, 4) is 0 Å². The van der Waals surface area contributed by atoms with E-state index >= 15 is 0 Å². The molecule has 1 aliphatic rings. The summed E-state index contributed by atoms with van der Waals surface area (Å²) in [4.78, 5) is 32.7. The number of aryl methyl sites for hydroxylation is 2. The molecule has 0 bridgehead atoms. The van der Waals surface area contributed by atoms with Crippen molar-refractivity contribution < 1.29 is 4.79 Å². The van der Waals surface area contributed by atoms with E-state index in [9.17, 15) is 9.59 Å². The zero-order valence-electron chi connectivity index (χ0n) is 16.1. The fraction of sp³-hybridized carbons (Fsp3) is 0.227. The number of nitrogens with one attached hydrogen (secondary N) is 2.